The van der Waals surface area contributed by atoms with Gasteiger partial charge in [-0.15, -0.1) is 10.2 Å². The van der Waals surface area contributed by atoms with Gasteiger partial charge in [-0.3, -0.25) is 24.6 Å². The molecular formula is C25H22N4O5S. The van der Waals surface area contributed by atoms with Crippen LogP contribution in [0.4, 0.5) is 10.8 Å². The van der Waals surface area contributed by atoms with Crippen LogP contribution in [-0.2, 0) is 6.42 Å². The standard InChI is InChI=1S/C25H22N4O5S/c1-12(2)8-19-26-27-25(35-19)28-21(15-6-5-7-16(11-15)29(32)33)20-22(30)17-9-13(3)14(4)10-18(17)34-23(20)24(28)31/h5-7,9-12,21H,8H2,1-4H3. The van der Waals surface area contributed by atoms with Gasteiger partial charge in [-0.2, -0.15) is 0 Å². The highest BCUT2D eigenvalue weighted by atomic mass is 32.1. The second kappa shape index (κ2) is 8.38. The molecule has 0 bridgehead atoms. The maximum Gasteiger partial charge on any atom is 0.297 e. The predicted octanol–water partition coefficient (Wildman–Crippen LogP) is 5.12. The van der Waals surface area contributed by atoms with Gasteiger partial charge >= 0.3 is 0 Å². The van der Waals surface area contributed by atoms with Crippen molar-refractivity contribution in [2.45, 2.75) is 40.2 Å². The van der Waals surface area contributed by atoms with E-state index in [1.807, 2.05) is 13.8 Å². The number of rotatable bonds is 5. The number of anilines is 1. The third-order valence-corrected chi connectivity index (χ3v) is 7.07. The fourth-order valence-electron chi connectivity index (χ4n) is 4.32. The molecule has 3 heterocycles. The first-order valence-electron chi connectivity index (χ1n) is 11.1. The number of aromatic nitrogens is 2. The van der Waals surface area contributed by atoms with Crippen LogP contribution in [0.15, 0.2) is 45.6 Å². The minimum Gasteiger partial charge on any atom is -0.450 e. The molecule has 1 atom stereocenters. The predicted molar refractivity (Wildman–Crippen MR) is 132 cm³/mol. The summed E-state index contributed by atoms with van der Waals surface area (Å²) < 4.78 is 6.02. The van der Waals surface area contributed by atoms with Gasteiger partial charge in [-0.05, 0) is 48.6 Å². The lowest BCUT2D eigenvalue weighted by Gasteiger charge is -2.21. The topological polar surface area (TPSA) is 119 Å². The largest absolute Gasteiger partial charge is 0.450 e. The molecule has 0 aliphatic carbocycles. The van der Waals surface area contributed by atoms with E-state index in [9.17, 15) is 19.7 Å². The first-order chi connectivity index (χ1) is 16.7. The summed E-state index contributed by atoms with van der Waals surface area (Å²) >= 11 is 1.26. The minimum absolute atomic E-state index is 0.0807. The average molecular weight is 491 g/mol. The number of fused-ring (bicyclic) bond motifs is 2. The lowest BCUT2D eigenvalue weighted by molar-refractivity contribution is -0.384. The quantitative estimate of drug-likeness (QED) is 0.281. The Hall–Kier alpha value is -3.92. The van der Waals surface area contributed by atoms with Crippen LogP contribution in [0, 0.1) is 29.9 Å². The average Bonchev–Trinajstić information content (AvgIpc) is 3.37. The summed E-state index contributed by atoms with van der Waals surface area (Å²) in [4.78, 5) is 39.8. The van der Waals surface area contributed by atoms with E-state index < -0.39 is 16.9 Å². The van der Waals surface area contributed by atoms with Gasteiger partial charge in [0.25, 0.3) is 11.6 Å². The third-order valence-electron chi connectivity index (χ3n) is 6.13. The summed E-state index contributed by atoms with van der Waals surface area (Å²) in [6.45, 7) is 7.91. The van der Waals surface area contributed by atoms with Crippen molar-refractivity contribution in [3.8, 4) is 0 Å². The Bertz CT molecular complexity index is 1570. The molecule has 0 fully saturated rings. The van der Waals surface area contributed by atoms with Gasteiger partial charge in [0.1, 0.15) is 10.6 Å². The molecule has 9 nitrogen and oxygen atoms in total. The number of hydrogen-bond donors (Lipinski definition) is 0. The van der Waals surface area contributed by atoms with Gasteiger partial charge in [0.15, 0.2) is 5.43 Å². The highest BCUT2D eigenvalue weighted by Gasteiger charge is 2.45. The highest BCUT2D eigenvalue weighted by molar-refractivity contribution is 7.15. The van der Waals surface area contributed by atoms with E-state index in [1.165, 1.54) is 34.4 Å². The summed E-state index contributed by atoms with van der Waals surface area (Å²) in [5.41, 5.74) is 2.25. The number of nitro benzene ring substituents is 1. The molecule has 0 spiro atoms. The molecule has 1 aliphatic heterocycles. The van der Waals surface area contributed by atoms with Crippen LogP contribution < -0.4 is 10.3 Å². The Labute approximate surface area is 204 Å². The number of non-ortho nitro benzene ring substituents is 1. The highest BCUT2D eigenvalue weighted by Crippen LogP contribution is 2.43. The first-order valence-corrected chi connectivity index (χ1v) is 12.0. The Kier molecular flexibility index (Phi) is 5.47. The monoisotopic (exact) mass is 490 g/mol. The van der Waals surface area contributed by atoms with Crippen molar-refractivity contribution in [2.24, 2.45) is 5.92 Å². The SMILES string of the molecule is Cc1cc2oc3c(c(=O)c2cc1C)C(c1cccc([N+](=O)[O-])c1)N(c1nnc(CC(C)C)s1)C3=O. The molecule has 2 aromatic carbocycles. The van der Waals surface area contributed by atoms with Crippen molar-refractivity contribution in [1.29, 1.82) is 0 Å². The van der Waals surface area contributed by atoms with Crippen molar-refractivity contribution in [3.05, 3.63) is 89.8 Å². The molecule has 2 aromatic heterocycles. The van der Waals surface area contributed by atoms with Crippen LogP contribution in [0.1, 0.15) is 57.7 Å². The van der Waals surface area contributed by atoms with E-state index in [0.717, 1.165) is 16.1 Å². The van der Waals surface area contributed by atoms with Crippen molar-refractivity contribution >= 4 is 39.0 Å². The molecule has 1 unspecified atom stereocenters. The maximum absolute atomic E-state index is 13.8. The zero-order chi connectivity index (χ0) is 25.0. The Morgan fingerprint density at radius 2 is 1.89 bits per heavy atom. The van der Waals surface area contributed by atoms with Crippen molar-refractivity contribution in [1.82, 2.24) is 10.2 Å². The molecule has 5 rings (SSSR count). The second-order valence-electron chi connectivity index (χ2n) is 9.11. The maximum atomic E-state index is 13.8. The summed E-state index contributed by atoms with van der Waals surface area (Å²) in [6, 6.07) is 8.50. The molecular weight excluding hydrogens is 468 g/mol. The molecule has 4 aromatic rings. The first kappa shape index (κ1) is 22.9. The normalized spacial score (nSPS) is 15.3. The van der Waals surface area contributed by atoms with E-state index in [2.05, 4.69) is 24.0 Å². The lowest BCUT2D eigenvalue weighted by atomic mass is 9.97. The number of amides is 1. The van der Waals surface area contributed by atoms with Gasteiger partial charge < -0.3 is 4.42 Å². The zero-order valence-electron chi connectivity index (χ0n) is 19.6. The van der Waals surface area contributed by atoms with Crippen LogP contribution in [0.25, 0.3) is 11.0 Å². The molecule has 1 amide bonds. The van der Waals surface area contributed by atoms with Crippen molar-refractivity contribution in [3.63, 3.8) is 0 Å². The summed E-state index contributed by atoms with van der Waals surface area (Å²) in [5, 5.41) is 21.4. The van der Waals surface area contributed by atoms with Gasteiger partial charge in [0.05, 0.1) is 21.9 Å². The van der Waals surface area contributed by atoms with Crippen LogP contribution >= 0.6 is 11.3 Å². The van der Waals surface area contributed by atoms with Crippen LogP contribution in [0.5, 0.6) is 0 Å². The second-order valence-corrected chi connectivity index (χ2v) is 10.2. The van der Waals surface area contributed by atoms with E-state index in [4.69, 9.17) is 4.42 Å². The third kappa shape index (κ3) is 3.79. The van der Waals surface area contributed by atoms with E-state index in [0.29, 0.717) is 34.0 Å². The lowest BCUT2D eigenvalue weighted by Crippen LogP contribution is -2.29. The number of nitro groups is 1. The van der Waals surface area contributed by atoms with E-state index >= 15 is 0 Å². The number of carbonyl (C=O) groups excluding carboxylic acids is 1. The molecule has 0 radical (unpaired) electrons. The van der Waals surface area contributed by atoms with Crippen molar-refractivity contribution in [2.75, 3.05) is 4.90 Å². The minimum atomic E-state index is -0.931. The van der Waals surface area contributed by atoms with Gasteiger partial charge in [0.2, 0.25) is 10.9 Å². The fraction of sp³-hybridized carbons (Fsp3) is 0.280. The summed E-state index contributed by atoms with van der Waals surface area (Å²) in [5.74, 6) is -0.265. The Balaban J connectivity index is 1.77. The molecule has 0 saturated carbocycles. The van der Waals surface area contributed by atoms with Crippen LogP contribution in [0.2, 0.25) is 0 Å². The van der Waals surface area contributed by atoms with Crippen LogP contribution in [0.3, 0.4) is 0 Å². The van der Waals surface area contributed by atoms with Crippen molar-refractivity contribution < 1.29 is 14.1 Å². The van der Waals surface area contributed by atoms with Crippen LogP contribution in [-0.4, -0.2) is 21.0 Å². The van der Waals surface area contributed by atoms with Gasteiger partial charge in [0, 0.05) is 18.6 Å². The molecule has 0 N–H and O–H groups in total. The zero-order valence-corrected chi connectivity index (χ0v) is 20.4. The summed E-state index contributed by atoms with van der Waals surface area (Å²) in [6.07, 6.45) is 0.688. The molecule has 0 saturated heterocycles. The van der Waals surface area contributed by atoms with E-state index in [-0.39, 0.29) is 22.4 Å². The number of hydrogen-bond acceptors (Lipinski definition) is 8. The number of carbonyl (C=O) groups is 1. The molecule has 178 valence electrons. The molecule has 1 aliphatic rings. The number of benzene rings is 2. The van der Waals surface area contributed by atoms with Gasteiger partial charge in [-0.1, -0.05) is 37.3 Å². The van der Waals surface area contributed by atoms with Gasteiger partial charge in [-0.25, -0.2) is 0 Å². The Morgan fingerprint density at radius 1 is 1.14 bits per heavy atom. The fourth-order valence-corrected chi connectivity index (χ4v) is 5.40. The number of aryl methyl sites for hydroxylation is 2. The van der Waals surface area contributed by atoms with E-state index in [1.54, 1.807) is 18.2 Å². The smallest absolute Gasteiger partial charge is 0.297 e. The molecule has 10 heteroatoms. The molecule has 35 heavy (non-hydrogen) atoms. The Morgan fingerprint density at radius 3 is 2.60 bits per heavy atom. The summed E-state index contributed by atoms with van der Waals surface area (Å²) in [7, 11) is 0. The number of nitrogens with zero attached hydrogens (tertiary/aromatic N) is 4.